The fraction of sp³-hybridized carbons (Fsp3) is 0.0667. The van der Waals surface area contributed by atoms with Crippen molar-refractivity contribution in [3.8, 4) is 0 Å². The third-order valence-electron chi connectivity index (χ3n) is 3.00. The molecule has 1 aromatic carbocycles. The van der Waals surface area contributed by atoms with Crippen LogP contribution >= 0.6 is 15.9 Å². The Labute approximate surface area is 118 Å². The number of aromatic nitrogens is 1. The van der Waals surface area contributed by atoms with Crippen LogP contribution in [-0.2, 0) is 0 Å². The number of rotatable bonds is 2. The number of nitrogens with zero attached hydrogens (tertiary/aromatic N) is 1. The second-order valence-electron chi connectivity index (χ2n) is 4.29. The molecular formula is C15H10BrNO2. The Hall–Kier alpha value is -1.94. The molecule has 0 bridgehead atoms. The van der Waals surface area contributed by atoms with Crippen molar-refractivity contribution in [2.75, 3.05) is 0 Å². The van der Waals surface area contributed by atoms with Crippen LogP contribution in [0.2, 0.25) is 0 Å². The number of aryl methyl sites for hydroxylation is 1. The van der Waals surface area contributed by atoms with E-state index >= 15 is 0 Å². The molecule has 2 heterocycles. The van der Waals surface area contributed by atoms with Crippen LogP contribution in [-0.4, -0.2) is 10.8 Å². The molecule has 3 rings (SSSR count). The van der Waals surface area contributed by atoms with Gasteiger partial charge in [-0.15, -0.1) is 0 Å². The molecule has 0 amide bonds. The molecule has 0 spiro atoms. The lowest BCUT2D eigenvalue weighted by Crippen LogP contribution is -2.02. The molecule has 0 saturated carbocycles. The van der Waals surface area contributed by atoms with Crippen molar-refractivity contribution in [3.05, 3.63) is 64.1 Å². The molecule has 4 heteroatoms. The molecule has 0 saturated heterocycles. The van der Waals surface area contributed by atoms with Crippen molar-refractivity contribution < 1.29 is 9.21 Å². The summed E-state index contributed by atoms with van der Waals surface area (Å²) in [6.07, 6.45) is 3.24. The number of pyridine rings is 1. The maximum Gasteiger partial charge on any atom is 0.230 e. The van der Waals surface area contributed by atoms with Crippen LogP contribution in [0.3, 0.4) is 0 Å². The molecule has 94 valence electrons. The van der Waals surface area contributed by atoms with Crippen LogP contribution in [0.15, 0.2) is 51.6 Å². The van der Waals surface area contributed by atoms with E-state index in [0.29, 0.717) is 16.9 Å². The Morgan fingerprint density at radius 3 is 2.89 bits per heavy atom. The highest BCUT2D eigenvalue weighted by atomic mass is 79.9. The Morgan fingerprint density at radius 1 is 1.32 bits per heavy atom. The molecule has 0 radical (unpaired) electrons. The van der Waals surface area contributed by atoms with E-state index in [1.54, 1.807) is 18.5 Å². The molecular weight excluding hydrogens is 306 g/mol. The van der Waals surface area contributed by atoms with Crippen LogP contribution in [0, 0.1) is 6.92 Å². The molecule has 0 N–H and O–H groups in total. The first-order valence-corrected chi connectivity index (χ1v) is 6.59. The van der Waals surface area contributed by atoms with Gasteiger partial charge in [-0.1, -0.05) is 12.1 Å². The predicted octanol–water partition coefficient (Wildman–Crippen LogP) is 4.13. The SMILES string of the molecule is Cc1ccncc1C(=O)c1cc2cccc(Br)c2o1. The molecule has 19 heavy (non-hydrogen) atoms. The van der Waals surface area contributed by atoms with Gasteiger partial charge in [0, 0.05) is 23.3 Å². The third-order valence-corrected chi connectivity index (χ3v) is 3.63. The Bertz CT molecular complexity index is 777. The Balaban J connectivity index is 2.12. The van der Waals surface area contributed by atoms with Crippen molar-refractivity contribution >= 4 is 32.7 Å². The fourth-order valence-corrected chi connectivity index (χ4v) is 2.44. The number of carbonyl (C=O) groups excluding carboxylic acids is 1. The van der Waals surface area contributed by atoms with E-state index in [1.165, 1.54) is 0 Å². The lowest BCUT2D eigenvalue weighted by atomic mass is 10.1. The molecule has 3 nitrogen and oxygen atoms in total. The van der Waals surface area contributed by atoms with E-state index in [2.05, 4.69) is 20.9 Å². The van der Waals surface area contributed by atoms with Gasteiger partial charge in [0.05, 0.1) is 4.47 Å². The van der Waals surface area contributed by atoms with Gasteiger partial charge in [0.15, 0.2) is 5.76 Å². The summed E-state index contributed by atoms with van der Waals surface area (Å²) in [5.41, 5.74) is 2.14. The fourth-order valence-electron chi connectivity index (χ4n) is 1.97. The van der Waals surface area contributed by atoms with Gasteiger partial charge in [-0.05, 0) is 46.6 Å². The Morgan fingerprint density at radius 2 is 2.16 bits per heavy atom. The zero-order valence-corrected chi connectivity index (χ0v) is 11.8. The summed E-state index contributed by atoms with van der Waals surface area (Å²) in [7, 11) is 0. The summed E-state index contributed by atoms with van der Waals surface area (Å²) in [6, 6.07) is 9.28. The number of para-hydroxylation sites is 1. The maximum atomic E-state index is 12.4. The summed E-state index contributed by atoms with van der Waals surface area (Å²) in [5.74, 6) is 0.187. The molecule has 0 fully saturated rings. The first kappa shape index (κ1) is 12.1. The minimum atomic E-state index is -0.145. The van der Waals surface area contributed by atoms with E-state index in [9.17, 15) is 4.79 Å². The van der Waals surface area contributed by atoms with Gasteiger partial charge in [0.25, 0.3) is 0 Å². The van der Waals surface area contributed by atoms with Crippen molar-refractivity contribution in [1.29, 1.82) is 0 Å². The zero-order chi connectivity index (χ0) is 13.4. The summed E-state index contributed by atoms with van der Waals surface area (Å²) in [4.78, 5) is 16.4. The number of benzene rings is 1. The van der Waals surface area contributed by atoms with Crippen LogP contribution < -0.4 is 0 Å². The van der Waals surface area contributed by atoms with Crippen LogP contribution in [0.5, 0.6) is 0 Å². The molecule has 2 aromatic heterocycles. The number of carbonyl (C=O) groups is 1. The van der Waals surface area contributed by atoms with E-state index in [4.69, 9.17) is 4.42 Å². The zero-order valence-electron chi connectivity index (χ0n) is 10.2. The monoisotopic (exact) mass is 315 g/mol. The quantitative estimate of drug-likeness (QED) is 0.668. The average molecular weight is 316 g/mol. The van der Waals surface area contributed by atoms with Gasteiger partial charge in [-0.2, -0.15) is 0 Å². The second-order valence-corrected chi connectivity index (χ2v) is 5.14. The van der Waals surface area contributed by atoms with Crippen molar-refractivity contribution in [1.82, 2.24) is 4.98 Å². The van der Waals surface area contributed by atoms with E-state index in [-0.39, 0.29) is 5.78 Å². The topological polar surface area (TPSA) is 43.1 Å². The lowest BCUT2D eigenvalue weighted by Gasteiger charge is -2.00. The minimum Gasteiger partial charge on any atom is -0.451 e. The van der Waals surface area contributed by atoms with Crippen molar-refractivity contribution in [3.63, 3.8) is 0 Å². The van der Waals surface area contributed by atoms with Crippen LogP contribution in [0.25, 0.3) is 11.0 Å². The molecule has 0 atom stereocenters. The van der Waals surface area contributed by atoms with Crippen LogP contribution in [0.1, 0.15) is 21.7 Å². The first-order valence-electron chi connectivity index (χ1n) is 5.80. The minimum absolute atomic E-state index is 0.145. The second kappa shape index (κ2) is 4.63. The van der Waals surface area contributed by atoms with Gasteiger partial charge in [-0.3, -0.25) is 9.78 Å². The number of ketones is 1. The molecule has 0 aliphatic heterocycles. The number of hydrogen-bond acceptors (Lipinski definition) is 3. The average Bonchev–Trinajstić information content (AvgIpc) is 2.84. The highest BCUT2D eigenvalue weighted by Crippen LogP contribution is 2.28. The molecule has 0 aliphatic rings. The number of furan rings is 1. The van der Waals surface area contributed by atoms with E-state index < -0.39 is 0 Å². The standard InChI is InChI=1S/C15H10BrNO2/c1-9-5-6-17-8-11(9)14(18)13-7-10-3-2-4-12(16)15(10)19-13/h2-8H,1H3. The van der Waals surface area contributed by atoms with Crippen LogP contribution in [0.4, 0.5) is 0 Å². The van der Waals surface area contributed by atoms with E-state index in [0.717, 1.165) is 15.4 Å². The van der Waals surface area contributed by atoms with Gasteiger partial charge in [0.1, 0.15) is 5.58 Å². The highest BCUT2D eigenvalue weighted by Gasteiger charge is 2.17. The number of hydrogen-bond donors (Lipinski definition) is 0. The molecule has 0 unspecified atom stereocenters. The predicted molar refractivity (Wildman–Crippen MR) is 76.3 cm³/mol. The largest absolute Gasteiger partial charge is 0.451 e. The van der Waals surface area contributed by atoms with Crippen molar-refractivity contribution in [2.45, 2.75) is 6.92 Å². The van der Waals surface area contributed by atoms with Gasteiger partial charge < -0.3 is 4.42 Å². The summed E-state index contributed by atoms with van der Waals surface area (Å²) < 4.78 is 6.49. The van der Waals surface area contributed by atoms with E-state index in [1.807, 2.05) is 31.2 Å². The number of fused-ring (bicyclic) bond motifs is 1. The van der Waals surface area contributed by atoms with Gasteiger partial charge in [-0.25, -0.2) is 0 Å². The summed E-state index contributed by atoms with van der Waals surface area (Å²) in [5, 5.41) is 0.902. The maximum absolute atomic E-state index is 12.4. The Kier molecular flexibility index (Phi) is 2.95. The molecule has 0 aliphatic carbocycles. The van der Waals surface area contributed by atoms with Gasteiger partial charge in [0.2, 0.25) is 5.78 Å². The summed E-state index contributed by atoms with van der Waals surface area (Å²) in [6.45, 7) is 1.88. The van der Waals surface area contributed by atoms with Gasteiger partial charge >= 0.3 is 0 Å². The smallest absolute Gasteiger partial charge is 0.230 e. The highest BCUT2D eigenvalue weighted by molar-refractivity contribution is 9.10. The molecule has 3 aromatic rings. The first-order chi connectivity index (χ1) is 9.16. The summed E-state index contributed by atoms with van der Waals surface area (Å²) >= 11 is 3.41. The third kappa shape index (κ3) is 2.08. The van der Waals surface area contributed by atoms with Crippen molar-refractivity contribution in [2.24, 2.45) is 0 Å². The number of halogens is 1. The normalized spacial score (nSPS) is 10.8. The lowest BCUT2D eigenvalue weighted by molar-refractivity contribution is 0.101.